The van der Waals surface area contributed by atoms with Gasteiger partial charge in [0.25, 0.3) is 0 Å². The molecule has 0 amide bonds. The van der Waals surface area contributed by atoms with Crippen LogP contribution in [0.5, 0.6) is 11.5 Å². The Kier molecular flexibility index (Phi) is 4.51. The molecule has 1 atom stereocenters. The number of halogens is 1. The van der Waals surface area contributed by atoms with Gasteiger partial charge in [-0.2, -0.15) is 0 Å². The number of benzene rings is 1. The van der Waals surface area contributed by atoms with Gasteiger partial charge >= 0.3 is 0 Å². The fraction of sp³-hybridized carbons (Fsp3) is 0.571. The molecule has 1 aromatic carbocycles. The van der Waals surface area contributed by atoms with Gasteiger partial charge in [-0.05, 0) is 48.3 Å². The average Bonchev–Trinajstić information content (AvgIpc) is 2.60. The Hall–Kier alpha value is -0.740. The number of rotatable bonds is 3. The minimum absolute atomic E-state index is 0.337. The van der Waals surface area contributed by atoms with Crippen molar-refractivity contribution >= 4 is 15.9 Å². The van der Waals surface area contributed by atoms with Crippen LogP contribution in [-0.4, -0.2) is 21.3 Å². The molecule has 0 heterocycles. The van der Waals surface area contributed by atoms with Crippen molar-refractivity contribution in [1.29, 1.82) is 0 Å². The van der Waals surface area contributed by atoms with E-state index in [0.717, 1.165) is 28.8 Å². The Bertz CT molecular complexity index is 434. The quantitative estimate of drug-likeness (QED) is 0.867. The van der Waals surface area contributed by atoms with Crippen LogP contribution in [0.4, 0.5) is 0 Å². The fourth-order valence-electron chi connectivity index (χ4n) is 2.77. The highest BCUT2D eigenvalue weighted by atomic mass is 79.9. The number of hydrogen-bond donors (Lipinski definition) is 1. The molecule has 0 bridgehead atoms. The molecule has 1 N–H and O–H groups in total. The summed E-state index contributed by atoms with van der Waals surface area (Å²) < 4.78 is 12.1. The first-order chi connectivity index (χ1) is 8.72. The summed E-state index contributed by atoms with van der Waals surface area (Å²) >= 11 is 3.58. The predicted molar refractivity (Wildman–Crippen MR) is 76.6 cm³/mol. The van der Waals surface area contributed by atoms with Crippen LogP contribution in [0.15, 0.2) is 10.5 Å². The van der Waals surface area contributed by atoms with Crippen LogP contribution >= 0.6 is 15.9 Å². The first-order valence-electron chi connectivity index (χ1n) is 6.33. The molecular weight excluding hydrogens is 294 g/mol. The Balaban J connectivity index is 2.65. The van der Waals surface area contributed by atoms with Gasteiger partial charge in [-0.15, -0.1) is 0 Å². The fourth-order valence-corrected chi connectivity index (χ4v) is 3.35. The summed E-state index contributed by atoms with van der Waals surface area (Å²) in [5.41, 5.74) is 2.54. The summed E-state index contributed by atoms with van der Waals surface area (Å²) in [4.78, 5) is 0. The summed E-state index contributed by atoms with van der Waals surface area (Å²) in [6.07, 6.45) is 4.62. The van der Waals surface area contributed by atoms with Gasteiger partial charge in [-0.25, -0.2) is 0 Å². The average molecular weight is 314 g/mol. The van der Waals surface area contributed by atoms with Crippen molar-refractivity contribution in [3.05, 3.63) is 21.7 Å². The lowest BCUT2D eigenvalue weighted by atomic mass is 9.97. The maximum Gasteiger partial charge on any atom is 0.138 e. The van der Waals surface area contributed by atoms with Crippen LogP contribution in [0, 0.1) is 0 Å². The van der Waals surface area contributed by atoms with Gasteiger partial charge in [0, 0.05) is 17.2 Å². The normalized spacial score (nSPS) is 19.0. The van der Waals surface area contributed by atoms with Crippen LogP contribution in [0.25, 0.3) is 0 Å². The second kappa shape index (κ2) is 5.93. The van der Waals surface area contributed by atoms with Crippen LogP contribution in [0.1, 0.15) is 36.4 Å². The Morgan fingerprint density at radius 1 is 1.28 bits per heavy atom. The minimum Gasteiger partial charge on any atom is -0.496 e. The Morgan fingerprint density at radius 2 is 2.06 bits per heavy atom. The first-order valence-corrected chi connectivity index (χ1v) is 7.12. The molecule has 0 saturated carbocycles. The lowest BCUT2D eigenvalue weighted by Gasteiger charge is -2.23. The Labute approximate surface area is 117 Å². The smallest absolute Gasteiger partial charge is 0.138 e. The molecule has 0 spiro atoms. The molecule has 0 radical (unpaired) electrons. The second-order valence-corrected chi connectivity index (χ2v) is 5.43. The molecule has 2 rings (SSSR count). The molecule has 0 aliphatic heterocycles. The maximum atomic E-state index is 5.59. The number of ether oxygens (including phenoxy) is 2. The van der Waals surface area contributed by atoms with Gasteiger partial charge in [0.2, 0.25) is 0 Å². The summed E-state index contributed by atoms with van der Waals surface area (Å²) in [7, 11) is 5.46. The second-order valence-electron chi connectivity index (χ2n) is 4.57. The molecule has 100 valence electrons. The molecule has 1 aliphatic rings. The van der Waals surface area contributed by atoms with Crippen LogP contribution in [0.2, 0.25) is 0 Å². The zero-order valence-corrected chi connectivity index (χ0v) is 12.8. The topological polar surface area (TPSA) is 30.5 Å². The zero-order valence-electron chi connectivity index (χ0n) is 11.2. The van der Waals surface area contributed by atoms with E-state index in [0.29, 0.717) is 6.04 Å². The lowest BCUT2D eigenvalue weighted by Crippen LogP contribution is -2.18. The van der Waals surface area contributed by atoms with Gasteiger partial charge in [-0.3, -0.25) is 0 Å². The molecule has 3 nitrogen and oxygen atoms in total. The van der Waals surface area contributed by atoms with E-state index in [1.807, 2.05) is 13.1 Å². The lowest BCUT2D eigenvalue weighted by molar-refractivity contribution is 0.385. The zero-order chi connectivity index (χ0) is 13.1. The number of hydrogen-bond acceptors (Lipinski definition) is 3. The van der Waals surface area contributed by atoms with E-state index in [4.69, 9.17) is 9.47 Å². The molecule has 0 aromatic heterocycles. The van der Waals surface area contributed by atoms with E-state index in [1.165, 1.54) is 24.0 Å². The van der Waals surface area contributed by atoms with Gasteiger partial charge in [-0.1, -0.05) is 6.42 Å². The van der Waals surface area contributed by atoms with E-state index in [1.54, 1.807) is 14.2 Å². The van der Waals surface area contributed by atoms with Crippen molar-refractivity contribution in [1.82, 2.24) is 5.32 Å². The van der Waals surface area contributed by atoms with Crippen molar-refractivity contribution in [3.63, 3.8) is 0 Å². The highest BCUT2D eigenvalue weighted by molar-refractivity contribution is 9.10. The molecule has 18 heavy (non-hydrogen) atoms. The first kappa shape index (κ1) is 13.7. The highest BCUT2D eigenvalue weighted by Crippen LogP contribution is 2.44. The van der Waals surface area contributed by atoms with Gasteiger partial charge in [0.1, 0.15) is 11.5 Å². The molecule has 4 heteroatoms. The molecular formula is C14H20BrNO2. The van der Waals surface area contributed by atoms with Crippen molar-refractivity contribution in [2.24, 2.45) is 0 Å². The van der Waals surface area contributed by atoms with Gasteiger partial charge in [0.05, 0.1) is 18.7 Å². The summed E-state index contributed by atoms with van der Waals surface area (Å²) in [6, 6.07) is 2.35. The standard InChI is InChI=1S/C14H20BrNO2/c1-16-11-7-5-4-6-9-12(17-2)8-10(15)14(18-3)13(9)11/h8,11,16H,4-7H2,1-3H3. The van der Waals surface area contributed by atoms with E-state index < -0.39 is 0 Å². The molecule has 0 saturated heterocycles. The van der Waals surface area contributed by atoms with Crippen LogP contribution in [-0.2, 0) is 6.42 Å². The van der Waals surface area contributed by atoms with E-state index in [-0.39, 0.29) is 0 Å². The van der Waals surface area contributed by atoms with Crippen molar-refractivity contribution in [2.75, 3.05) is 21.3 Å². The van der Waals surface area contributed by atoms with Crippen LogP contribution < -0.4 is 14.8 Å². The van der Waals surface area contributed by atoms with E-state index >= 15 is 0 Å². The summed E-state index contributed by atoms with van der Waals surface area (Å²) in [5.74, 6) is 1.90. The predicted octanol–water partition coefficient (Wildman–Crippen LogP) is 3.45. The maximum absolute atomic E-state index is 5.59. The van der Waals surface area contributed by atoms with Crippen molar-refractivity contribution in [3.8, 4) is 11.5 Å². The monoisotopic (exact) mass is 313 g/mol. The largest absolute Gasteiger partial charge is 0.496 e. The van der Waals surface area contributed by atoms with E-state index in [2.05, 4.69) is 21.2 Å². The van der Waals surface area contributed by atoms with Crippen LogP contribution in [0.3, 0.4) is 0 Å². The summed E-state index contributed by atoms with van der Waals surface area (Å²) in [5, 5.41) is 3.40. The molecule has 1 aromatic rings. The number of methoxy groups -OCH3 is 2. The van der Waals surface area contributed by atoms with E-state index in [9.17, 15) is 0 Å². The van der Waals surface area contributed by atoms with Crippen molar-refractivity contribution in [2.45, 2.75) is 31.7 Å². The SMILES string of the molecule is CNC1CCCCc2c(OC)cc(Br)c(OC)c21. The number of fused-ring (bicyclic) bond motifs is 1. The van der Waals surface area contributed by atoms with Gasteiger partial charge < -0.3 is 14.8 Å². The molecule has 1 unspecified atom stereocenters. The highest BCUT2D eigenvalue weighted by Gasteiger charge is 2.26. The summed E-state index contributed by atoms with van der Waals surface area (Å²) in [6.45, 7) is 0. The van der Waals surface area contributed by atoms with Crippen molar-refractivity contribution < 1.29 is 9.47 Å². The Morgan fingerprint density at radius 3 is 2.67 bits per heavy atom. The number of nitrogens with one attached hydrogen (secondary N) is 1. The molecule has 0 fully saturated rings. The molecule has 1 aliphatic carbocycles. The third-order valence-electron chi connectivity index (χ3n) is 3.63. The third-order valence-corrected chi connectivity index (χ3v) is 4.22. The van der Waals surface area contributed by atoms with Gasteiger partial charge in [0.15, 0.2) is 0 Å². The minimum atomic E-state index is 0.337. The third kappa shape index (κ3) is 2.36.